The van der Waals surface area contributed by atoms with Gasteiger partial charge < -0.3 is 15.1 Å². The van der Waals surface area contributed by atoms with Gasteiger partial charge in [0.25, 0.3) is 10.8 Å². The fourth-order valence-corrected chi connectivity index (χ4v) is 2.83. The second kappa shape index (κ2) is 8.32. The van der Waals surface area contributed by atoms with E-state index in [1.54, 1.807) is 6.92 Å². The van der Waals surface area contributed by atoms with Crippen LogP contribution in [0, 0.1) is 12.8 Å². The minimum absolute atomic E-state index is 0. The third-order valence-corrected chi connectivity index (χ3v) is 3.90. The van der Waals surface area contributed by atoms with Crippen LogP contribution in [0.15, 0.2) is 19.2 Å². The van der Waals surface area contributed by atoms with Crippen LogP contribution < -0.4 is 17.0 Å². The van der Waals surface area contributed by atoms with Gasteiger partial charge >= 0.3 is 5.69 Å². The van der Waals surface area contributed by atoms with E-state index in [0.717, 1.165) is 6.42 Å². The quantitative estimate of drug-likeness (QED) is 0.664. The van der Waals surface area contributed by atoms with Crippen molar-refractivity contribution >= 4 is 24.2 Å². The van der Waals surface area contributed by atoms with Gasteiger partial charge in [0.15, 0.2) is 0 Å². The lowest BCUT2D eigenvalue weighted by molar-refractivity contribution is 0.361. The van der Waals surface area contributed by atoms with E-state index in [1.165, 1.54) is 11.8 Å². The molecule has 0 aliphatic heterocycles. The fraction of sp³-hybridized carbons (Fsp3) is 0.538. The van der Waals surface area contributed by atoms with Crippen LogP contribution in [-0.4, -0.2) is 20.2 Å². The summed E-state index contributed by atoms with van der Waals surface area (Å²) in [5.41, 5.74) is 6.05. The minimum atomic E-state index is -0.518. The summed E-state index contributed by atoms with van der Waals surface area (Å²) >= 11 is 1.23. The van der Waals surface area contributed by atoms with Crippen molar-refractivity contribution in [1.82, 2.24) is 20.2 Å². The van der Waals surface area contributed by atoms with Gasteiger partial charge in [-0.25, -0.2) is 4.79 Å². The Morgan fingerprint density at radius 2 is 1.96 bits per heavy atom. The van der Waals surface area contributed by atoms with E-state index in [2.05, 4.69) is 34.0 Å². The molecule has 128 valence electrons. The maximum atomic E-state index is 11.7. The number of thioether (sulfide) groups is 1. The molecule has 4 N–H and O–H groups in total. The number of H-pyrrole nitrogens is 2. The molecule has 10 heteroatoms. The van der Waals surface area contributed by atoms with Crippen molar-refractivity contribution in [2.75, 3.05) is 0 Å². The largest absolute Gasteiger partial charge is 0.414 e. The number of aryl methyl sites for hydroxylation is 1. The first-order valence-corrected chi connectivity index (χ1v) is 7.89. The highest BCUT2D eigenvalue weighted by molar-refractivity contribution is 7.98. The van der Waals surface area contributed by atoms with Crippen molar-refractivity contribution in [1.29, 1.82) is 0 Å². The molecule has 0 aromatic carbocycles. The number of nitrogens with zero attached hydrogens (tertiary/aromatic N) is 2. The van der Waals surface area contributed by atoms with Gasteiger partial charge in [0.1, 0.15) is 0 Å². The third kappa shape index (κ3) is 5.22. The predicted molar refractivity (Wildman–Crippen MR) is 89.9 cm³/mol. The molecule has 0 bridgehead atoms. The van der Waals surface area contributed by atoms with E-state index < -0.39 is 11.2 Å². The lowest BCUT2D eigenvalue weighted by atomic mass is 10.1. The van der Waals surface area contributed by atoms with Gasteiger partial charge in [-0.3, -0.25) is 9.78 Å². The summed E-state index contributed by atoms with van der Waals surface area (Å²) in [5, 5.41) is 8.20. The minimum Gasteiger partial charge on any atom is -0.414 e. The smallest absolute Gasteiger partial charge is 0.325 e. The van der Waals surface area contributed by atoms with Crippen LogP contribution in [0.4, 0.5) is 0 Å². The molecule has 0 aliphatic rings. The van der Waals surface area contributed by atoms with Gasteiger partial charge in [-0.05, 0) is 19.3 Å². The molecule has 0 saturated heterocycles. The number of hydrogen-bond donors (Lipinski definition) is 3. The molecule has 0 saturated carbocycles. The number of nitrogens with two attached hydrogens (primary N) is 1. The van der Waals surface area contributed by atoms with Crippen LogP contribution in [0.3, 0.4) is 0 Å². The van der Waals surface area contributed by atoms with Crippen molar-refractivity contribution in [3.63, 3.8) is 0 Å². The van der Waals surface area contributed by atoms with E-state index in [-0.39, 0.29) is 18.4 Å². The first-order chi connectivity index (χ1) is 10.4. The Bertz CT molecular complexity index is 755. The SMILES string of the molecule is Cc1[nH]c(=O)[nH]c(=O)c1CSc1nnc([C@@H](N)CC(C)C)o1.Cl. The second-order valence-corrected chi connectivity index (χ2v) is 6.37. The van der Waals surface area contributed by atoms with E-state index >= 15 is 0 Å². The molecule has 2 aromatic heterocycles. The summed E-state index contributed by atoms with van der Waals surface area (Å²) in [6.07, 6.45) is 0.755. The molecule has 0 fully saturated rings. The van der Waals surface area contributed by atoms with Gasteiger partial charge in [0.2, 0.25) is 5.89 Å². The summed E-state index contributed by atoms with van der Waals surface area (Å²) in [7, 11) is 0. The average molecular weight is 362 g/mol. The highest BCUT2D eigenvalue weighted by atomic mass is 35.5. The summed E-state index contributed by atoms with van der Waals surface area (Å²) in [5.74, 6) is 1.14. The Hall–Kier alpha value is -1.58. The van der Waals surface area contributed by atoms with Crippen molar-refractivity contribution in [3.05, 3.63) is 38.0 Å². The lowest BCUT2D eigenvalue weighted by Gasteiger charge is -2.08. The van der Waals surface area contributed by atoms with Crippen LogP contribution in [0.5, 0.6) is 0 Å². The van der Waals surface area contributed by atoms with Crippen molar-refractivity contribution < 1.29 is 4.42 Å². The zero-order valence-corrected chi connectivity index (χ0v) is 14.7. The zero-order valence-electron chi connectivity index (χ0n) is 13.1. The molecule has 0 spiro atoms. The third-order valence-electron chi connectivity index (χ3n) is 3.06. The summed E-state index contributed by atoms with van der Waals surface area (Å²) in [6.45, 7) is 5.80. The highest BCUT2D eigenvalue weighted by Crippen LogP contribution is 2.24. The maximum absolute atomic E-state index is 11.7. The molecule has 1 atom stereocenters. The molecule has 23 heavy (non-hydrogen) atoms. The molecule has 8 nitrogen and oxygen atoms in total. The van der Waals surface area contributed by atoms with Crippen molar-refractivity contribution in [2.45, 2.75) is 44.2 Å². The van der Waals surface area contributed by atoms with Crippen LogP contribution in [-0.2, 0) is 5.75 Å². The zero-order chi connectivity index (χ0) is 16.3. The first-order valence-electron chi connectivity index (χ1n) is 6.90. The number of hydrogen-bond acceptors (Lipinski definition) is 7. The van der Waals surface area contributed by atoms with Gasteiger partial charge in [-0.1, -0.05) is 25.6 Å². The first kappa shape index (κ1) is 19.5. The van der Waals surface area contributed by atoms with Gasteiger partial charge in [-0.2, -0.15) is 0 Å². The highest BCUT2D eigenvalue weighted by Gasteiger charge is 2.16. The van der Waals surface area contributed by atoms with Crippen LogP contribution >= 0.6 is 24.2 Å². The second-order valence-electron chi connectivity index (χ2n) is 5.44. The summed E-state index contributed by atoms with van der Waals surface area (Å²) in [4.78, 5) is 27.6. The molecule has 2 heterocycles. The number of aromatic amines is 2. The Balaban J connectivity index is 0.00000264. The van der Waals surface area contributed by atoms with E-state index in [1.807, 2.05) is 0 Å². The Morgan fingerprint density at radius 1 is 1.26 bits per heavy atom. The van der Waals surface area contributed by atoms with E-state index in [0.29, 0.717) is 34.0 Å². The number of halogens is 1. The van der Waals surface area contributed by atoms with Crippen LogP contribution in [0.2, 0.25) is 0 Å². The number of rotatable bonds is 6. The monoisotopic (exact) mass is 361 g/mol. The topological polar surface area (TPSA) is 131 Å². The average Bonchev–Trinajstić information content (AvgIpc) is 2.85. The van der Waals surface area contributed by atoms with Crippen LogP contribution in [0.1, 0.15) is 43.5 Å². The molecule has 0 amide bonds. The van der Waals surface area contributed by atoms with Crippen molar-refractivity contribution in [3.8, 4) is 0 Å². The molecule has 2 rings (SSSR count). The van der Waals surface area contributed by atoms with E-state index in [4.69, 9.17) is 10.2 Å². The summed E-state index contributed by atoms with van der Waals surface area (Å²) < 4.78 is 5.50. The van der Waals surface area contributed by atoms with Gasteiger partial charge in [0, 0.05) is 17.0 Å². The normalized spacial score (nSPS) is 12.2. The predicted octanol–water partition coefficient (Wildman–Crippen LogP) is 1.51. The Labute approximate surface area is 143 Å². The van der Waals surface area contributed by atoms with Gasteiger partial charge in [-0.15, -0.1) is 22.6 Å². The summed E-state index contributed by atoms with van der Waals surface area (Å²) in [6, 6.07) is -0.292. The van der Waals surface area contributed by atoms with Crippen LogP contribution in [0.25, 0.3) is 0 Å². The van der Waals surface area contributed by atoms with Gasteiger partial charge in [0.05, 0.1) is 6.04 Å². The van der Waals surface area contributed by atoms with E-state index in [9.17, 15) is 9.59 Å². The van der Waals surface area contributed by atoms with Crippen molar-refractivity contribution in [2.24, 2.45) is 11.7 Å². The molecular weight excluding hydrogens is 342 g/mol. The molecule has 2 aromatic rings. The Morgan fingerprint density at radius 3 is 2.57 bits per heavy atom. The number of aromatic nitrogens is 4. The molecule has 0 radical (unpaired) electrons. The molecular formula is C13H20ClN5O3S. The molecule has 0 unspecified atom stereocenters. The maximum Gasteiger partial charge on any atom is 0.325 e. The fourth-order valence-electron chi connectivity index (χ4n) is 1.97. The standard InChI is InChI=1S/C13H19N5O3S.ClH/c1-6(2)4-9(14)11-17-18-13(21-11)22-5-8-7(3)15-12(20)16-10(8)19;/h6,9H,4-5,14H2,1-3H3,(H2,15,16,19,20);1H/t9-;/m0./s1. The lowest BCUT2D eigenvalue weighted by Crippen LogP contribution is -2.26. The number of nitrogens with one attached hydrogen (secondary N) is 2. The Kier molecular flexibility index (Phi) is 7.04. The molecule has 0 aliphatic carbocycles.